The minimum absolute atomic E-state index is 0.403. The summed E-state index contributed by atoms with van der Waals surface area (Å²) in [5.74, 6) is 0. The Morgan fingerprint density at radius 2 is 2.00 bits per heavy atom. The van der Waals surface area contributed by atoms with E-state index in [4.69, 9.17) is 0 Å². The summed E-state index contributed by atoms with van der Waals surface area (Å²) in [6.45, 7) is 1.78. The maximum Gasteiger partial charge on any atom is 0.156 e. The lowest BCUT2D eigenvalue weighted by molar-refractivity contribution is -0.125. The van der Waals surface area contributed by atoms with Gasteiger partial charge in [-0.05, 0) is 12.0 Å². The average molecular weight is 164 g/mol. The van der Waals surface area contributed by atoms with E-state index < -0.39 is 5.60 Å². The Hall–Kier alpha value is -1.15. The predicted octanol–water partition coefficient (Wildman–Crippen LogP) is 1.48. The van der Waals surface area contributed by atoms with Gasteiger partial charge in [-0.15, -0.1) is 0 Å². The molecule has 1 N–H and O–H groups in total. The molecule has 0 aliphatic rings. The van der Waals surface area contributed by atoms with Crippen LogP contribution in [0, 0.1) is 0 Å². The van der Waals surface area contributed by atoms with Crippen LogP contribution in [0.4, 0.5) is 0 Å². The van der Waals surface area contributed by atoms with Crippen molar-refractivity contribution in [3.8, 4) is 0 Å². The van der Waals surface area contributed by atoms with E-state index in [1.165, 1.54) is 0 Å². The van der Waals surface area contributed by atoms with Crippen molar-refractivity contribution in [1.29, 1.82) is 0 Å². The van der Waals surface area contributed by atoms with Gasteiger partial charge >= 0.3 is 0 Å². The molecule has 0 bridgehead atoms. The van der Waals surface area contributed by atoms with E-state index >= 15 is 0 Å². The minimum Gasteiger partial charge on any atom is -0.378 e. The molecule has 0 spiro atoms. The van der Waals surface area contributed by atoms with E-state index in [1.54, 1.807) is 31.2 Å². The molecule has 2 heteroatoms. The van der Waals surface area contributed by atoms with Crippen LogP contribution in [0.3, 0.4) is 0 Å². The van der Waals surface area contributed by atoms with Gasteiger partial charge in [0.25, 0.3) is 0 Å². The monoisotopic (exact) mass is 164 g/mol. The quantitative estimate of drug-likeness (QED) is 0.687. The zero-order valence-electron chi connectivity index (χ0n) is 7.03. The van der Waals surface area contributed by atoms with Gasteiger partial charge in [-0.25, -0.2) is 0 Å². The minimum atomic E-state index is -1.30. The highest BCUT2D eigenvalue weighted by atomic mass is 16.3. The second kappa shape index (κ2) is 3.50. The van der Waals surface area contributed by atoms with Gasteiger partial charge in [0.15, 0.2) is 6.29 Å². The molecule has 0 saturated carbocycles. The Kier molecular flexibility index (Phi) is 2.61. The van der Waals surface area contributed by atoms with Crippen molar-refractivity contribution < 1.29 is 9.90 Å². The maximum atomic E-state index is 10.6. The smallest absolute Gasteiger partial charge is 0.156 e. The summed E-state index contributed by atoms with van der Waals surface area (Å²) in [5, 5.41) is 9.73. The molecule has 0 saturated heterocycles. The Morgan fingerprint density at radius 3 is 2.42 bits per heavy atom. The van der Waals surface area contributed by atoms with Crippen LogP contribution >= 0.6 is 0 Å². The molecule has 0 aromatic heterocycles. The third kappa shape index (κ3) is 1.53. The van der Waals surface area contributed by atoms with Crippen molar-refractivity contribution in [3.63, 3.8) is 0 Å². The van der Waals surface area contributed by atoms with E-state index in [9.17, 15) is 9.90 Å². The fourth-order valence-corrected chi connectivity index (χ4v) is 1.08. The topological polar surface area (TPSA) is 37.3 Å². The van der Waals surface area contributed by atoms with Gasteiger partial charge in [0, 0.05) is 0 Å². The molecule has 1 atom stereocenters. The van der Waals surface area contributed by atoms with Crippen molar-refractivity contribution in [2.24, 2.45) is 0 Å². The first-order valence-electron chi connectivity index (χ1n) is 3.97. The van der Waals surface area contributed by atoms with Crippen LogP contribution in [-0.2, 0) is 10.4 Å². The van der Waals surface area contributed by atoms with Crippen LogP contribution in [0.1, 0.15) is 18.9 Å². The number of aldehydes is 1. The van der Waals surface area contributed by atoms with Crippen molar-refractivity contribution in [1.82, 2.24) is 0 Å². The molecule has 1 rings (SSSR count). The molecule has 0 heterocycles. The lowest BCUT2D eigenvalue weighted by Gasteiger charge is -2.19. The van der Waals surface area contributed by atoms with E-state index in [-0.39, 0.29) is 0 Å². The van der Waals surface area contributed by atoms with E-state index in [0.717, 1.165) is 0 Å². The van der Waals surface area contributed by atoms with Crippen LogP contribution in [0.25, 0.3) is 0 Å². The lowest BCUT2D eigenvalue weighted by atomic mass is 9.93. The highest BCUT2D eigenvalue weighted by molar-refractivity contribution is 5.65. The summed E-state index contributed by atoms with van der Waals surface area (Å²) < 4.78 is 0. The first-order chi connectivity index (χ1) is 5.73. The molecule has 0 fully saturated rings. The highest BCUT2D eigenvalue weighted by Crippen LogP contribution is 2.21. The maximum absolute atomic E-state index is 10.6. The molecule has 64 valence electrons. The van der Waals surface area contributed by atoms with Crippen LogP contribution in [0.5, 0.6) is 0 Å². The van der Waals surface area contributed by atoms with Gasteiger partial charge in [0.2, 0.25) is 0 Å². The average Bonchev–Trinajstić information content (AvgIpc) is 2.18. The molecule has 0 radical (unpaired) electrons. The Labute approximate surface area is 71.8 Å². The first kappa shape index (κ1) is 8.94. The van der Waals surface area contributed by atoms with Crippen molar-refractivity contribution in [2.75, 3.05) is 0 Å². The SMILES string of the molecule is CC[C@](O)(C=O)c1ccccc1. The van der Waals surface area contributed by atoms with Crippen molar-refractivity contribution >= 4 is 6.29 Å². The molecule has 0 aliphatic carbocycles. The molecular weight excluding hydrogens is 152 g/mol. The normalized spacial score (nSPS) is 15.2. The second-order valence-corrected chi connectivity index (χ2v) is 2.76. The van der Waals surface area contributed by atoms with Crippen LogP contribution in [0.15, 0.2) is 30.3 Å². The molecule has 0 aliphatic heterocycles. The first-order valence-corrected chi connectivity index (χ1v) is 3.97. The van der Waals surface area contributed by atoms with Gasteiger partial charge in [-0.2, -0.15) is 0 Å². The van der Waals surface area contributed by atoms with Gasteiger partial charge in [-0.1, -0.05) is 37.3 Å². The Balaban J connectivity index is 3.03. The largest absolute Gasteiger partial charge is 0.378 e. The van der Waals surface area contributed by atoms with E-state index in [2.05, 4.69) is 0 Å². The Morgan fingerprint density at radius 1 is 1.42 bits per heavy atom. The zero-order valence-corrected chi connectivity index (χ0v) is 7.03. The number of hydrogen-bond acceptors (Lipinski definition) is 2. The zero-order chi connectivity index (χ0) is 9.03. The molecule has 0 amide bonds. The summed E-state index contributed by atoms with van der Waals surface area (Å²) in [5.41, 5.74) is -0.649. The molecule has 1 aromatic rings. The molecule has 12 heavy (non-hydrogen) atoms. The van der Waals surface area contributed by atoms with Gasteiger partial charge in [0.1, 0.15) is 5.60 Å². The number of carbonyl (C=O) groups is 1. The number of aliphatic hydroxyl groups is 1. The fourth-order valence-electron chi connectivity index (χ4n) is 1.08. The number of hydrogen-bond donors (Lipinski definition) is 1. The van der Waals surface area contributed by atoms with Gasteiger partial charge in [-0.3, -0.25) is 4.79 Å². The number of benzene rings is 1. The van der Waals surface area contributed by atoms with E-state index in [1.807, 2.05) is 6.07 Å². The van der Waals surface area contributed by atoms with Crippen LogP contribution < -0.4 is 0 Å². The third-order valence-electron chi connectivity index (χ3n) is 2.01. The van der Waals surface area contributed by atoms with Gasteiger partial charge < -0.3 is 5.11 Å². The summed E-state index contributed by atoms with van der Waals surface area (Å²) in [6.07, 6.45) is 0.989. The molecular formula is C10H12O2. The lowest BCUT2D eigenvalue weighted by Crippen LogP contribution is -2.26. The number of carbonyl (C=O) groups excluding carboxylic acids is 1. The summed E-state index contributed by atoms with van der Waals surface area (Å²) >= 11 is 0. The molecule has 2 nitrogen and oxygen atoms in total. The van der Waals surface area contributed by atoms with Gasteiger partial charge in [0.05, 0.1) is 0 Å². The fraction of sp³-hybridized carbons (Fsp3) is 0.300. The third-order valence-corrected chi connectivity index (χ3v) is 2.01. The predicted molar refractivity (Wildman–Crippen MR) is 46.7 cm³/mol. The Bertz CT molecular complexity index is 256. The van der Waals surface area contributed by atoms with Crippen molar-refractivity contribution in [3.05, 3.63) is 35.9 Å². The van der Waals surface area contributed by atoms with Crippen molar-refractivity contribution in [2.45, 2.75) is 18.9 Å². The van der Waals surface area contributed by atoms with Crippen LogP contribution in [0.2, 0.25) is 0 Å². The highest BCUT2D eigenvalue weighted by Gasteiger charge is 2.25. The second-order valence-electron chi connectivity index (χ2n) is 2.76. The number of rotatable bonds is 3. The summed E-state index contributed by atoms with van der Waals surface area (Å²) in [6, 6.07) is 8.96. The molecule has 0 unspecified atom stereocenters. The standard InChI is InChI=1S/C10H12O2/c1-2-10(12,8-11)9-6-4-3-5-7-9/h3-8,12H,2H2,1H3/t10-/m0/s1. The molecule has 1 aromatic carbocycles. The summed E-state index contributed by atoms with van der Waals surface area (Å²) in [4.78, 5) is 10.6. The van der Waals surface area contributed by atoms with Crippen LogP contribution in [-0.4, -0.2) is 11.4 Å². The van der Waals surface area contributed by atoms with E-state index in [0.29, 0.717) is 18.3 Å². The summed E-state index contributed by atoms with van der Waals surface area (Å²) in [7, 11) is 0.